The highest BCUT2D eigenvalue weighted by Gasteiger charge is 2.25. The van der Waals surface area contributed by atoms with Gasteiger partial charge >= 0.3 is 6.03 Å². The molecule has 1 aromatic rings. The number of nitrogens with two attached hydrogens (primary N) is 1. The molecular formula is C12H15N3O2S. The van der Waals surface area contributed by atoms with Gasteiger partial charge in [-0.1, -0.05) is 6.07 Å². The monoisotopic (exact) mass is 265 g/mol. The molecule has 1 saturated heterocycles. The zero-order valence-corrected chi connectivity index (χ0v) is 10.9. The van der Waals surface area contributed by atoms with Gasteiger partial charge in [0, 0.05) is 23.7 Å². The molecular weight excluding hydrogens is 250 g/mol. The summed E-state index contributed by atoms with van der Waals surface area (Å²) in [5.41, 5.74) is 7.61. The Hall–Kier alpha value is -1.69. The number of amides is 3. The second-order valence-electron chi connectivity index (χ2n) is 4.11. The first kappa shape index (κ1) is 12.8. The minimum absolute atomic E-state index is 0.185. The minimum Gasteiger partial charge on any atom is -0.398 e. The fraction of sp³-hybridized carbons (Fsp3) is 0.333. The first-order valence-corrected chi connectivity index (χ1v) is 6.63. The number of urea groups is 1. The molecule has 2 rings (SSSR count). The molecule has 18 heavy (non-hydrogen) atoms. The van der Waals surface area contributed by atoms with Crippen molar-refractivity contribution in [3.05, 3.63) is 23.8 Å². The number of nitrogen functional groups attached to an aromatic ring is 1. The summed E-state index contributed by atoms with van der Waals surface area (Å²) < 4.78 is 0. The van der Waals surface area contributed by atoms with E-state index in [4.69, 9.17) is 5.73 Å². The maximum absolute atomic E-state index is 11.8. The standard InChI is InChI=1S/C12H15N3O2S/c1-8-2-3-10(9(13)6-8)18-7-11(16)15-5-4-14-12(15)17/h2-3,6H,4-5,7,13H2,1H3,(H,14,17). The predicted molar refractivity (Wildman–Crippen MR) is 71.4 cm³/mol. The summed E-state index contributed by atoms with van der Waals surface area (Å²) in [5, 5.41) is 2.60. The van der Waals surface area contributed by atoms with E-state index in [0.717, 1.165) is 10.5 Å². The molecule has 3 amide bonds. The van der Waals surface area contributed by atoms with Crippen LogP contribution >= 0.6 is 11.8 Å². The van der Waals surface area contributed by atoms with Crippen LogP contribution in [-0.2, 0) is 4.79 Å². The van der Waals surface area contributed by atoms with Crippen molar-refractivity contribution in [3.63, 3.8) is 0 Å². The van der Waals surface area contributed by atoms with Gasteiger partial charge in [-0.2, -0.15) is 0 Å². The van der Waals surface area contributed by atoms with Crippen molar-refractivity contribution >= 4 is 29.4 Å². The van der Waals surface area contributed by atoms with E-state index >= 15 is 0 Å². The minimum atomic E-state index is -0.308. The van der Waals surface area contributed by atoms with Crippen LogP contribution in [0.25, 0.3) is 0 Å². The second-order valence-corrected chi connectivity index (χ2v) is 5.12. The van der Waals surface area contributed by atoms with Crippen LogP contribution in [0.15, 0.2) is 23.1 Å². The number of anilines is 1. The largest absolute Gasteiger partial charge is 0.398 e. The van der Waals surface area contributed by atoms with Crippen molar-refractivity contribution in [2.24, 2.45) is 0 Å². The van der Waals surface area contributed by atoms with E-state index in [0.29, 0.717) is 18.8 Å². The molecule has 1 aromatic carbocycles. The molecule has 5 nitrogen and oxygen atoms in total. The molecule has 1 aliphatic heterocycles. The zero-order valence-electron chi connectivity index (χ0n) is 10.1. The van der Waals surface area contributed by atoms with E-state index in [1.54, 1.807) is 0 Å². The van der Waals surface area contributed by atoms with Crippen molar-refractivity contribution in [2.45, 2.75) is 11.8 Å². The second kappa shape index (κ2) is 5.30. The third kappa shape index (κ3) is 2.76. The van der Waals surface area contributed by atoms with Crippen LogP contribution in [-0.4, -0.2) is 35.7 Å². The summed E-state index contributed by atoms with van der Waals surface area (Å²) >= 11 is 1.36. The first-order valence-electron chi connectivity index (χ1n) is 5.65. The summed E-state index contributed by atoms with van der Waals surface area (Å²) in [7, 11) is 0. The number of carbonyl (C=O) groups is 2. The highest BCUT2D eigenvalue weighted by Crippen LogP contribution is 2.26. The summed E-state index contributed by atoms with van der Waals surface area (Å²) in [6.45, 7) is 2.94. The fourth-order valence-electron chi connectivity index (χ4n) is 1.73. The number of benzene rings is 1. The average Bonchev–Trinajstić information content (AvgIpc) is 2.74. The fourth-order valence-corrected chi connectivity index (χ4v) is 2.55. The number of thioether (sulfide) groups is 1. The van der Waals surface area contributed by atoms with Gasteiger partial charge in [-0.25, -0.2) is 4.79 Å². The van der Waals surface area contributed by atoms with Gasteiger partial charge in [0.05, 0.1) is 5.75 Å². The van der Waals surface area contributed by atoms with Gasteiger partial charge in [0.2, 0.25) is 5.91 Å². The van der Waals surface area contributed by atoms with Crippen LogP contribution in [0.3, 0.4) is 0 Å². The lowest BCUT2D eigenvalue weighted by Crippen LogP contribution is -2.35. The molecule has 0 spiro atoms. The number of imide groups is 1. The van der Waals surface area contributed by atoms with Gasteiger partial charge in [0.15, 0.2) is 0 Å². The van der Waals surface area contributed by atoms with Crippen LogP contribution in [0.1, 0.15) is 5.56 Å². The van der Waals surface area contributed by atoms with Crippen LogP contribution in [0.2, 0.25) is 0 Å². The molecule has 1 heterocycles. The Morgan fingerprint density at radius 3 is 2.94 bits per heavy atom. The molecule has 0 aliphatic carbocycles. The van der Waals surface area contributed by atoms with Crippen molar-refractivity contribution < 1.29 is 9.59 Å². The Kier molecular flexibility index (Phi) is 3.76. The lowest BCUT2D eigenvalue weighted by Gasteiger charge is -2.12. The van der Waals surface area contributed by atoms with Gasteiger partial charge in [-0.15, -0.1) is 11.8 Å². The summed E-state index contributed by atoms with van der Waals surface area (Å²) in [4.78, 5) is 25.2. The summed E-state index contributed by atoms with van der Waals surface area (Å²) in [6, 6.07) is 5.41. The van der Waals surface area contributed by atoms with Crippen molar-refractivity contribution in [2.75, 3.05) is 24.6 Å². The van der Waals surface area contributed by atoms with Crippen LogP contribution in [0.4, 0.5) is 10.5 Å². The first-order chi connectivity index (χ1) is 8.58. The highest BCUT2D eigenvalue weighted by atomic mass is 32.2. The lowest BCUT2D eigenvalue weighted by atomic mass is 10.2. The van der Waals surface area contributed by atoms with E-state index in [2.05, 4.69) is 5.32 Å². The molecule has 0 atom stereocenters. The highest BCUT2D eigenvalue weighted by molar-refractivity contribution is 8.00. The molecule has 1 aliphatic rings. The smallest absolute Gasteiger partial charge is 0.324 e. The maximum atomic E-state index is 11.8. The Labute approximate surface area is 110 Å². The van der Waals surface area contributed by atoms with E-state index in [9.17, 15) is 9.59 Å². The quantitative estimate of drug-likeness (QED) is 0.636. The molecule has 0 bridgehead atoms. The summed E-state index contributed by atoms with van der Waals surface area (Å²) in [5.74, 6) is 0.0377. The lowest BCUT2D eigenvalue weighted by molar-refractivity contribution is -0.124. The number of rotatable bonds is 3. The third-order valence-corrected chi connectivity index (χ3v) is 3.75. The van der Waals surface area contributed by atoms with E-state index < -0.39 is 0 Å². The summed E-state index contributed by atoms with van der Waals surface area (Å²) in [6.07, 6.45) is 0. The maximum Gasteiger partial charge on any atom is 0.324 e. The molecule has 1 fully saturated rings. The van der Waals surface area contributed by atoms with Crippen molar-refractivity contribution in [1.82, 2.24) is 10.2 Å². The Balaban J connectivity index is 1.95. The molecule has 6 heteroatoms. The number of hydrogen-bond donors (Lipinski definition) is 2. The molecule has 96 valence electrons. The van der Waals surface area contributed by atoms with Gasteiger partial charge in [-0.3, -0.25) is 9.69 Å². The molecule has 0 saturated carbocycles. The van der Waals surface area contributed by atoms with Gasteiger partial charge in [0.1, 0.15) is 0 Å². The number of nitrogens with one attached hydrogen (secondary N) is 1. The third-order valence-electron chi connectivity index (χ3n) is 2.67. The average molecular weight is 265 g/mol. The molecule has 0 aromatic heterocycles. The van der Waals surface area contributed by atoms with Crippen LogP contribution < -0.4 is 11.1 Å². The number of nitrogens with zero attached hydrogens (tertiary/aromatic N) is 1. The Morgan fingerprint density at radius 2 is 2.33 bits per heavy atom. The van der Waals surface area contributed by atoms with Gasteiger partial charge in [0.25, 0.3) is 0 Å². The zero-order chi connectivity index (χ0) is 13.1. The van der Waals surface area contributed by atoms with E-state index in [-0.39, 0.29) is 17.7 Å². The molecule has 3 N–H and O–H groups in total. The Morgan fingerprint density at radius 1 is 1.56 bits per heavy atom. The topological polar surface area (TPSA) is 75.4 Å². The SMILES string of the molecule is Cc1ccc(SCC(=O)N2CCNC2=O)c(N)c1. The molecule has 0 unspecified atom stereocenters. The van der Waals surface area contributed by atoms with E-state index in [1.807, 2.05) is 25.1 Å². The normalized spacial score (nSPS) is 14.7. The predicted octanol–water partition coefficient (Wildman–Crippen LogP) is 1.22. The van der Waals surface area contributed by atoms with Crippen LogP contribution in [0, 0.1) is 6.92 Å². The number of carbonyl (C=O) groups excluding carboxylic acids is 2. The van der Waals surface area contributed by atoms with Crippen molar-refractivity contribution in [1.29, 1.82) is 0 Å². The van der Waals surface area contributed by atoms with Crippen molar-refractivity contribution in [3.8, 4) is 0 Å². The van der Waals surface area contributed by atoms with Gasteiger partial charge < -0.3 is 11.1 Å². The van der Waals surface area contributed by atoms with Crippen LogP contribution in [0.5, 0.6) is 0 Å². The van der Waals surface area contributed by atoms with Gasteiger partial charge in [-0.05, 0) is 24.6 Å². The molecule has 0 radical (unpaired) electrons. The van der Waals surface area contributed by atoms with E-state index in [1.165, 1.54) is 16.7 Å². The Bertz CT molecular complexity index is 490. The number of aryl methyl sites for hydroxylation is 1. The number of hydrogen-bond acceptors (Lipinski definition) is 4.